The number of hydrogen-bond donors (Lipinski definition) is 1. The monoisotopic (exact) mass is 376 g/mol. The number of allylic oxidation sites excluding steroid dienone is 2. The van der Waals surface area contributed by atoms with Crippen molar-refractivity contribution in [1.29, 1.82) is 0 Å². The second-order valence-corrected chi connectivity index (χ2v) is 6.14. The first-order valence-electron chi connectivity index (χ1n) is 8.86. The zero-order valence-electron chi connectivity index (χ0n) is 16.3. The SMILES string of the molecule is C=C/C(=C1/NC(=NCc2ccncc2)C=CN1C)c1ccc(OC)cc1OC. The van der Waals surface area contributed by atoms with Gasteiger partial charge >= 0.3 is 0 Å². The summed E-state index contributed by atoms with van der Waals surface area (Å²) < 4.78 is 10.9. The van der Waals surface area contributed by atoms with Gasteiger partial charge < -0.3 is 19.7 Å². The highest BCUT2D eigenvalue weighted by atomic mass is 16.5. The summed E-state index contributed by atoms with van der Waals surface area (Å²) in [6, 6.07) is 9.63. The standard InChI is InChI=1S/C22H24N4O2/c1-5-18(19-7-6-17(27-3)14-20(19)28-4)22-25-21(10-13-26(22)2)24-15-16-8-11-23-12-9-16/h5-14H,1,15H2,2-4H3,(H,24,25)/b22-18+. The number of aliphatic imine (C=N–C) groups is 1. The third kappa shape index (κ3) is 4.23. The molecule has 28 heavy (non-hydrogen) atoms. The topological polar surface area (TPSA) is 59.0 Å². The van der Waals surface area contributed by atoms with Gasteiger partial charge in [0.15, 0.2) is 0 Å². The molecule has 6 nitrogen and oxygen atoms in total. The van der Waals surface area contributed by atoms with Gasteiger partial charge in [-0.1, -0.05) is 12.7 Å². The first-order valence-corrected chi connectivity index (χ1v) is 8.86. The van der Waals surface area contributed by atoms with Crippen LogP contribution in [-0.2, 0) is 6.54 Å². The van der Waals surface area contributed by atoms with Crippen molar-refractivity contribution in [1.82, 2.24) is 15.2 Å². The molecule has 6 heteroatoms. The molecule has 1 aromatic carbocycles. The average Bonchev–Trinajstić information content (AvgIpc) is 2.75. The molecule has 3 rings (SSSR count). The third-order valence-electron chi connectivity index (χ3n) is 4.39. The molecule has 0 radical (unpaired) electrons. The van der Waals surface area contributed by atoms with Crippen molar-refractivity contribution in [2.45, 2.75) is 6.54 Å². The van der Waals surface area contributed by atoms with Crippen molar-refractivity contribution in [3.8, 4) is 11.5 Å². The van der Waals surface area contributed by atoms with Gasteiger partial charge in [0, 0.05) is 42.8 Å². The molecule has 1 N–H and O–H groups in total. The van der Waals surface area contributed by atoms with Crippen LogP contribution in [0.3, 0.4) is 0 Å². The van der Waals surface area contributed by atoms with Crippen LogP contribution in [-0.4, -0.2) is 37.0 Å². The number of nitrogens with one attached hydrogen (secondary N) is 1. The van der Waals surface area contributed by atoms with Crippen LogP contribution in [0.4, 0.5) is 0 Å². The molecule has 144 valence electrons. The average molecular weight is 376 g/mol. The molecular weight excluding hydrogens is 352 g/mol. The Morgan fingerprint density at radius 2 is 2.00 bits per heavy atom. The largest absolute Gasteiger partial charge is 0.497 e. The molecule has 0 saturated carbocycles. The van der Waals surface area contributed by atoms with E-state index in [1.54, 1.807) is 26.6 Å². The van der Waals surface area contributed by atoms with E-state index in [0.29, 0.717) is 12.3 Å². The van der Waals surface area contributed by atoms with Gasteiger partial charge in [0.25, 0.3) is 0 Å². The number of benzene rings is 1. The van der Waals surface area contributed by atoms with Crippen LogP contribution in [0.15, 0.2) is 78.5 Å². The van der Waals surface area contributed by atoms with E-state index >= 15 is 0 Å². The zero-order chi connectivity index (χ0) is 19.9. The molecule has 0 atom stereocenters. The Morgan fingerprint density at radius 3 is 2.68 bits per heavy atom. The second kappa shape index (κ2) is 8.90. The molecule has 0 unspecified atom stereocenters. The lowest BCUT2D eigenvalue weighted by atomic mass is 10.0. The van der Waals surface area contributed by atoms with Crippen molar-refractivity contribution in [2.75, 3.05) is 21.3 Å². The van der Waals surface area contributed by atoms with Crippen molar-refractivity contribution in [3.05, 3.63) is 84.6 Å². The highest BCUT2D eigenvalue weighted by Gasteiger charge is 2.18. The summed E-state index contributed by atoms with van der Waals surface area (Å²) in [5.74, 6) is 3.09. The first-order chi connectivity index (χ1) is 13.7. The van der Waals surface area contributed by atoms with Gasteiger partial charge in [-0.2, -0.15) is 0 Å². The van der Waals surface area contributed by atoms with E-state index in [1.165, 1.54) is 0 Å². The molecule has 0 fully saturated rings. The highest BCUT2D eigenvalue weighted by molar-refractivity contribution is 5.97. The van der Waals surface area contributed by atoms with E-state index in [9.17, 15) is 0 Å². The highest BCUT2D eigenvalue weighted by Crippen LogP contribution is 2.33. The molecule has 2 aromatic rings. The molecular formula is C22H24N4O2. The molecule has 2 heterocycles. The van der Waals surface area contributed by atoms with E-state index in [1.807, 2.05) is 60.6 Å². The Morgan fingerprint density at radius 1 is 1.21 bits per heavy atom. The summed E-state index contributed by atoms with van der Waals surface area (Å²) in [6.45, 7) is 4.57. The zero-order valence-corrected chi connectivity index (χ0v) is 16.3. The lowest BCUT2D eigenvalue weighted by molar-refractivity contribution is 0.393. The van der Waals surface area contributed by atoms with Crippen molar-refractivity contribution in [3.63, 3.8) is 0 Å². The predicted molar refractivity (Wildman–Crippen MR) is 112 cm³/mol. The second-order valence-electron chi connectivity index (χ2n) is 6.14. The lowest BCUT2D eigenvalue weighted by Crippen LogP contribution is -2.34. The fourth-order valence-electron chi connectivity index (χ4n) is 2.88. The molecule has 0 aliphatic carbocycles. The Balaban J connectivity index is 1.96. The Hall–Kier alpha value is -3.54. The smallest absolute Gasteiger partial charge is 0.130 e. The molecule has 1 aromatic heterocycles. The van der Waals surface area contributed by atoms with E-state index in [2.05, 4.69) is 21.9 Å². The normalized spacial score (nSPS) is 16.5. The Kier molecular flexibility index (Phi) is 6.11. The predicted octanol–water partition coefficient (Wildman–Crippen LogP) is 3.60. The molecule has 0 amide bonds. The van der Waals surface area contributed by atoms with Crippen molar-refractivity contribution < 1.29 is 9.47 Å². The quantitative estimate of drug-likeness (QED) is 0.835. The fraction of sp³-hybridized carbons (Fsp3) is 0.182. The summed E-state index contributed by atoms with van der Waals surface area (Å²) in [6.07, 6.45) is 9.26. The van der Waals surface area contributed by atoms with Crippen molar-refractivity contribution in [2.24, 2.45) is 4.99 Å². The first kappa shape index (κ1) is 19.2. The van der Waals surface area contributed by atoms with Crippen LogP contribution >= 0.6 is 0 Å². The number of aromatic nitrogens is 1. The number of hydrogen-bond acceptors (Lipinski definition) is 5. The number of ether oxygens (including phenoxy) is 2. The maximum atomic E-state index is 5.57. The maximum Gasteiger partial charge on any atom is 0.130 e. The number of pyridine rings is 1. The minimum Gasteiger partial charge on any atom is -0.497 e. The van der Waals surface area contributed by atoms with Crippen LogP contribution in [0, 0.1) is 0 Å². The summed E-state index contributed by atoms with van der Waals surface area (Å²) in [7, 11) is 5.25. The van der Waals surface area contributed by atoms with Crippen LogP contribution in [0.5, 0.6) is 11.5 Å². The van der Waals surface area contributed by atoms with Gasteiger partial charge in [0.05, 0.1) is 20.8 Å². The van der Waals surface area contributed by atoms with E-state index < -0.39 is 0 Å². The third-order valence-corrected chi connectivity index (χ3v) is 4.39. The van der Waals surface area contributed by atoms with Gasteiger partial charge in [-0.15, -0.1) is 0 Å². The summed E-state index contributed by atoms with van der Waals surface area (Å²) in [5.41, 5.74) is 2.92. The molecule has 0 spiro atoms. The summed E-state index contributed by atoms with van der Waals surface area (Å²) in [4.78, 5) is 10.7. The number of amidine groups is 1. The fourth-order valence-corrected chi connectivity index (χ4v) is 2.88. The van der Waals surface area contributed by atoms with Crippen LogP contribution in [0.1, 0.15) is 11.1 Å². The van der Waals surface area contributed by atoms with Gasteiger partial charge in [0.2, 0.25) is 0 Å². The van der Waals surface area contributed by atoms with Crippen molar-refractivity contribution >= 4 is 11.4 Å². The number of rotatable bonds is 6. The number of nitrogens with zero attached hydrogens (tertiary/aromatic N) is 3. The Labute approximate surface area is 165 Å². The van der Waals surface area contributed by atoms with Gasteiger partial charge in [-0.05, 0) is 35.9 Å². The summed E-state index contributed by atoms with van der Waals surface area (Å²) >= 11 is 0. The van der Waals surface area contributed by atoms with Gasteiger partial charge in [-0.3, -0.25) is 9.98 Å². The maximum absolute atomic E-state index is 5.57. The molecule has 0 saturated heterocycles. The van der Waals surface area contributed by atoms with Gasteiger partial charge in [-0.25, -0.2) is 0 Å². The van der Waals surface area contributed by atoms with Gasteiger partial charge in [0.1, 0.15) is 23.2 Å². The molecule has 1 aliphatic rings. The summed E-state index contributed by atoms with van der Waals surface area (Å²) in [5, 5.41) is 3.40. The lowest BCUT2D eigenvalue weighted by Gasteiger charge is -2.27. The molecule has 0 bridgehead atoms. The minimum absolute atomic E-state index is 0.571. The Bertz CT molecular complexity index is 933. The minimum atomic E-state index is 0.571. The van der Waals surface area contributed by atoms with Crippen LogP contribution in [0.25, 0.3) is 5.57 Å². The van der Waals surface area contributed by atoms with Crippen LogP contribution in [0.2, 0.25) is 0 Å². The van der Waals surface area contributed by atoms with E-state index in [-0.39, 0.29) is 0 Å². The molecule has 1 aliphatic heterocycles. The van der Waals surface area contributed by atoms with E-state index in [4.69, 9.17) is 9.47 Å². The van der Waals surface area contributed by atoms with Crippen LogP contribution < -0.4 is 14.8 Å². The van der Waals surface area contributed by atoms with E-state index in [0.717, 1.165) is 34.1 Å². The number of methoxy groups -OCH3 is 2.